The van der Waals surface area contributed by atoms with Gasteiger partial charge in [0.1, 0.15) is 6.79 Å². The monoisotopic (exact) mass is 209 g/mol. The first kappa shape index (κ1) is 13.7. The summed E-state index contributed by atoms with van der Waals surface area (Å²) in [5.41, 5.74) is 1.36. The van der Waals surface area contributed by atoms with Gasteiger partial charge in [0.25, 0.3) is 0 Å². The molecule has 1 atom stereocenters. The summed E-state index contributed by atoms with van der Waals surface area (Å²) in [6.45, 7) is 3.22. The van der Waals surface area contributed by atoms with Crippen LogP contribution in [0.15, 0.2) is 24.5 Å². The van der Waals surface area contributed by atoms with Gasteiger partial charge in [-0.15, -0.1) is 0 Å². The predicted octanol–water partition coefficient (Wildman–Crippen LogP) is 1.83. The molecule has 1 saturated heterocycles. The van der Waals surface area contributed by atoms with Crippen molar-refractivity contribution in [1.29, 1.82) is 0 Å². The van der Waals surface area contributed by atoms with E-state index in [-0.39, 0.29) is 6.15 Å². The number of pyridine rings is 1. The van der Waals surface area contributed by atoms with Crippen LogP contribution in [-0.2, 0) is 4.79 Å². The highest BCUT2D eigenvalue weighted by Gasteiger charge is 2.21. The Morgan fingerprint density at radius 2 is 2.27 bits per heavy atom. The molecule has 4 nitrogen and oxygen atoms in total. The van der Waals surface area contributed by atoms with Crippen LogP contribution in [0.2, 0.25) is 0 Å². The number of nitrogens with zero attached hydrogens (tertiary/aromatic N) is 2. The zero-order chi connectivity index (χ0) is 10.4. The van der Waals surface area contributed by atoms with E-state index in [0.717, 1.165) is 0 Å². The molecule has 84 valence electrons. The van der Waals surface area contributed by atoms with Crippen molar-refractivity contribution in [3.05, 3.63) is 30.1 Å². The third kappa shape index (κ3) is 3.42. The van der Waals surface area contributed by atoms with Crippen LogP contribution >= 0.6 is 0 Å². The molecule has 4 heteroatoms. The molecule has 1 unspecified atom stereocenters. The summed E-state index contributed by atoms with van der Waals surface area (Å²) in [5, 5.41) is 0. The Labute approximate surface area is 90.9 Å². The molecule has 0 aliphatic carbocycles. The van der Waals surface area contributed by atoms with Gasteiger partial charge < -0.3 is 10.9 Å². The molecule has 1 aromatic rings. The van der Waals surface area contributed by atoms with Crippen LogP contribution in [0, 0.1) is 0 Å². The van der Waals surface area contributed by atoms with Crippen LogP contribution in [0.4, 0.5) is 0 Å². The van der Waals surface area contributed by atoms with Crippen LogP contribution in [0.1, 0.15) is 24.4 Å². The van der Waals surface area contributed by atoms with Crippen molar-refractivity contribution >= 4 is 6.79 Å². The molecule has 1 aliphatic rings. The van der Waals surface area contributed by atoms with E-state index < -0.39 is 0 Å². The maximum Gasteiger partial charge on any atom is 0.106 e. The number of rotatable bonds is 1. The van der Waals surface area contributed by atoms with Crippen LogP contribution in [0.25, 0.3) is 0 Å². The molecule has 0 saturated carbocycles. The number of aromatic nitrogens is 1. The quantitative estimate of drug-likeness (QED) is 0.766. The fraction of sp³-hybridized carbons (Fsp3) is 0.455. The van der Waals surface area contributed by atoms with Gasteiger partial charge in [0.05, 0.1) is 0 Å². The SMILES string of the molecule is C=O.CN1CCCC1c1cccnc1.N. The Morgan fingerprint density at radius 3 is 2.73 bits per heavy atom. The topological polar surface area (TPSA) is 68.2 Å². The minimum atomic E-state index is 0. The van der Waals surface area contributed by atoms with E-state index in [2.05, 4.69) is 23.0 Å². The highest BCUT2D eigenvalue weighted by molar-refractivity contribution is 5.14. The van der Waals surface area contributed by atoms with Crippen molar-refractivity contribution in [2.75, 3.05) is 13.6 Å². The average Bonchev–Trinajstić information content (AvgIpc) is 2.69. The lowest BCUT2D eigenvalue weighted by Gasteiger charge is -2.18. The molecule has 0 radical (unpaired) electrons. The zero-order valence-corrected chi connectivity index (χ0v) is 9.22. The number of carbonyl (C=O) groups is 1. The summed E-state index contributed by atoms with van der Waals surface area (Å²) in [5.74, 6) is 0. The molecule has 1 fully saturated rings. The molecule has 3 N–H and O–H groups in total. The van der Waals surface area contributed by atoms with Crippen molar-refractivity contribution in [3.8, 4) is 0 Å². The van der Waals surface area contributed by atoms with Gasteiger partial charge in [0.15, 0.2) is 0 Å². The van der Waals surface area contributed by atoms with E-state index in [1.807, 2.05) is 25.2 Å². The summed E-state index contributed by atoms with van der Waals surface area (Å²) in [6, 6.07) is 4.79. The van der Waals surface area contributed by atoms with Gasteiger partial charge in [-0.25, -0.2) is 0 Å². The summed E-state index contributed by atoms with van der Waals surface area (Å²) in [6.07, 6.45) is 6.41. The second-order valence-electron chi connectivity index (χ2n) is 3.42. The lowest BCUT2D eigenvalue weighted by molar-refractivity contribution is -0.0979. The van der Waals surface area contributed by atoms with Gasteiger partial charge in [-0.3, -0.25) is 9.88 Å². The molecule has 1 aliphatic heterocycles. The van der Waals surface area contributed by atoms with Gasteiger partial charge in [0.2, 0.25) is 0 Å². The van der Waals surface area contributed by atoms with Crippen LogP contribution in [-0.4, -0.2) is 30.3 Å². The Hall–Kier alpha value is -1.26. The van der Waals surface area contributed by atoms with Crippen LogP contribution in [0.5, 0.6) is 0 Å². The molecule has 2 heterocycles. The number of hydrogen-bond acceptors (Lipinski definition) is 4. The summed E-state index contributed by atoms with van der Waals surface area (Å²) < 4.78 is 0. The predicted molar refractivity (Wildman–Crippen MR) is 61.0 cm³/mol. The number of hydrogen-bond donors (Lipinski definition) is 1. The van der Waals surface area contributed by atoms with Gasteiger partial charge in [-0.2, -0.15) is 0 Å². The molecule has 2 rings (SSSR count). The van der Waals surface area contributed by atoms with E-state index in [4.69, 9.17) is 4.79 Å². The first-order valence-electron chi connectivity index (χ1n) is 4.77. The first-order valence-corrected chi connectivity index (χ1v) is 4.77. The minimum Gasteiger partial charge on any atom is -0.344 e. The van der Waals surface area contributed by atoms with Crippen molar-refractivity contribution in [1.82, 2.24) is 16.0 Å². The van der Waals surface area contributed by atoms with E-state index in [9.17, 15) is 0 Å². The van der Waals surface area contributed by atoms with Crippen molar-refractivity contribution in [2.24, 2.45) is 0 Å². The van der Waals surface area contributed by atoms with Crippen LogP contribution in [0.3, 0.4) is 0 Å². The molecule has 0 amide bonds. The Kier molecular flexibility index (Phi) is 6.49. The van der Waals surface area contributed by atoms with Gasteiger partial charge in [-0.1, -0.05) is 6.07 Å². The smallest absolute Gasteiger partial charge is 0.106 e. The first-order chi connectivity index (χ1) is 6.88. The van der Waals surface area contributed by atoms with Crippen molar-refractivity contribution < 1.29 is 4.79 Å². The van der Waals surface area contributed by atoms with Gasteiger partial charge in [0, 0.05) is 18.4 Å². The van der Waals surface area contributed by atoms with E-state index in [1.54, 1.807) is 0 Å². The van der Waals surface area contributed by atoms with Crippen LogP contribution < -0.4 is 6.15 Å². The Balaban J connectivity index is 0.000000617. The lowest BCUT2D eigenvalue weighted by Crippen LogP contribution is -2.17. The maximum absolute atomic E-state index is 8.00. The highest BCUT2D eigenvalue weighted by Crippen LogP contribution is 2.29. The molecule has 15 heavy (non-hydrogen) atoms. The number of likely N-dealkylation sites (tertiary alicyclic amines) is 1. The molecule has 1 aromatic heterocycles. The summed E-state index contributed by atoms with van der Waals surface area (Å²) in [7, 11) is 2.19. The zero-order valence-electron chi connectivity index (χ0n) is 9.22. The second-order valence-corrected chi connectivity index (χ2v) is 3.42. The molecular formula is C11H19N3O. The Morgan fingerprint density at radius 1 is 1.53 bits per heavy atom. The average molecular weight is 209 g/mol. The van der Waals surface area contributed by atoms with Gasteiger partial charge in [-0.05, 0) is 38.1 Å². The van der Waals surface area contributed by atoms with Crippen molar-refractivity contribution in [2.45, 2.75) is 18.9 Å². The maximum atomic E-state index is 8.00. The second kappa shape index (κ2) is 7.09. The van der Waals surface area contributed by atoms with Gasteiger partial charge >= 0.3 is 0 Å². The Bertz CT molecular complexity index is 266. The van der Waals surface area contributed by atoms with E-state index >= 15 is 0 Å². The summed E-state index contributed by atoms with van der Waals surface area (Å²) >= 11 is 0. The normalized spacial score (nSPS) is 19.9. The summed E-state index contributed by atoms with van der Waals surface area (Å²) in [4.78, 5) is 14.5. The molecular weight excluding hydrogens is 190 g/mol. The number of carbonyl (C=O) groups excluding carboxylic acids is 1. The lowest BCUT2D eigenvalue weighted by atomic mass is 10.1. The fourth-order valence-corrected chi connectivity index (χ4v) is 1.90. The minimum absolute atomic E-state index is 0. The third-order valence-electron chi connectivity index (χ3n) is 2.59. The highest BCUT2D eigenvalue weighted by atomic mass is 16.1. The molecule has 0 bridgehead atoms. The third-order valence-corrected chi connectivity index (χ3v) is 2.59. The van der Waals surface area contributed by atoms with E-state index in [0.29, 0.717) is 6.04 Å². The molecule has 0 spiro atoms. The van der Waals surface area contributed by atoms with E-state index in [1.165, 1.54) is 24.9 Å². The fourth-order valence-electron chi connectivity index (χ4n) is 1.90. The van der Waals surface area contributed by atoms with Crippen molar-refractivity contribution in [3.63, 3.8) is 0 Å². The standard InChI is InChI=1S/C10H14N2.CH2O.H3N/c1-12-7-3-5-10(12)9-4-2-6-11-8-9;1-2;/h2,4,6,8,10H,3,5,7H2,1H3;1H2;1H3. The largest absolute Gasteiger partial charge is 0.344 e. The molecule has 0 aromatic carbocycles.